The number of allylic oxidation sites excluding steroid dienone is 1. The van der Waals surface area contributed by atoms with Crippen molar-refractivity contribution >= 4 is 23.4 Å². The van der Waals surface area contributed by atoms with Crippen LogP contribution in [0.1, 0.15) is 43.9 Å². The van der Waals surface area contributed by atoms with Crippen molar-refractivity contribution in [1.29, 1.82) is 0 Å². The fraction of sp³-hybridized carbons (Fsp3) is 0.296. The van der Waals surface area contributed by atoms with E-state index in [1.54, 1.807) is 44.2 Å². The summed E-state index contributed by atoms with van der Waals surface area (Å²) in [6.45, 7) is 11.8. The van der Waals surface area contributed by atoms with Gasteiger partial charge in [0, 0.05) is 6.08 Å². The van der Waals surface area contributed by atoms with Gasteiger partial charge in [-0.3, -0.25) is 9.36 Å². The van der Waals surface area contributed by atoms with Gasteiger partial charge in [-0.1, -0.05) is 30.1 Å². The molecular formula is C27H28N2O6S. The van der Waals surface area contributed by atoms with Gasteiger partial charge in [-0.15, -0.1) is 0 Å². The van der Waals surface area contributed by atoms with Crippen LogP contribution in [0, 0.1) is 6.92 Å². The normalized spacial score (nSPS) is 15.3. The first kappa shape index (κ1) is 25.2. The number of carbonyl (C=O) groups excluding carboxylic acids is 1. The second kappa shape index (κ2) is 10.8. The lowest BCUT2D eigenvalue weighted by Crippen LogP contribution is -2.40. The minimum atomic E-state index is -0.756. The summed E-state index contributed by atoms with van der Waals surface area (Å²) in [6.07, 6.45) is 3.34. The molecule has 9 heteroatoms. The molecule has 1 atom stereocenters. The van der Waals surface area contributed by atoms with Crippen molar-refractivity contribution in [3.63, 3.8) is 0 Å². The molecule has 36 heavy (non-hydrogen) atoms. The summed E-state index contributed by atoms with van der Waals surface area (Å²) in [6, 6.07) is 8.25. The van der Waals surface area contributed by atoms with Crippen LogP contribution in [0.5, 0.6) is 11.5 Å². The molecule has 0 saturated carbocycles. The lowest BCUT2D eigenvalue weighted by molar-refractivity contribution is -0.139. The van der Waals surface area contributed by atoms with Gasteiger partial charge >= 0.3 is 5.97 Å². The molecule has 0 bridgehead atoms. The lowest BCUT2D eigenvalue weighted by Gasteiger charge is -2.25. The van der Waals surface area contributed by atoms with Gasteiger partial charge in [0.25, 0.3) is 5.56 Å². The Bertz CT molecular complexity index is 1510. The van der Waals surface area contributed by atoms with E-state index in [1.165, 1.54) is 15.9 Å². The molecule has 2 aromatic heterocycles. The van der Waals surface area contributed by atoms with Gasteiger partial charge < -0.3 is 18.6 Å². The van der Waals surface area contributed by atoms with Gasteiger partial charge in [-0.2, -0.15) is 0 Å². The van der Waals surface area contributed by atoms with Crippen molar-refractivity contribution in [2.75, 3.05) is 19.8 Å². The Labute approximate surface area is 212 Å². The number of hydrogen-bond acceptors (Lipinski definition) is 8. The van der Waals surface area contributed by atoms with E-state index >= 15 is 0 Å². The Kier molecular flexibility index (Phi) is 7.59. The number of thiazole rings is 1. The summed E-state index contributed by atoms with van der Waals surface area (Å²) >= 11 is 1.24. The van der Waals surface area contributed by atoms with E-state index in [0.717, 1.165) is 5.76 Å². The van der Waals surface area contributed by atoms with Gasteiger partial charge in [0.1, 0.15) is 18.1 Å². The summed E-state index contributed by atoms with van der Waals surface area (Å²) in [7, 11) is 0. The monoisotopic (exact) mass is 508 g/mol. The Hall–Kier alpha value is -3.85. The van der Waals surface area contributed by atoms with Gasteiger partial charge in [0.15, 0.2) is 16.3 Å². The van der Waals surface area contributed by atoms with Crippen molar-refractivity contribution in [1.82, 2.24) is 4.57 Å². The highest BCUT2D eigenvalue weighted by Gasteiger charge is 2.34. The van der Waals surface area contributed by atoms with E-state index in [1.807, 2.05) is 26.0 Å². The van der Waals surface area contributed by atoms with Crippen LogP contribution >= 0.6 is 11.3 Å². The molecule has 8 nitrogen and oxygen atoms in total. The molecule has 0 saturated heterocycles. The molecule has 0 spiro atoms. The largest absolute Gasteiger partial charge is 0.490 e. The van der Waals surface area contributed by atoms with Crippen LogP contribution in [0.3, 0.4) is 0 Å². The summed E-state index contributed by atoms with van der Waals surface area (Å²) in [4.78, 5) is 31.8. The number of benzene rings is 1. The van der Waals surface area contributed by atoms with Gasteiger partial charge in [-0.05, 0) is 57.5 Å². The van der Waals surface area contributed by atoms with Crippen LogP contribution in [0.4, 0.5) is 0 Å². The van der Waals surface area contributed by atoms with Gasteiger partial charge in [0.2, 0.25) is 0 Å². The molecule has 0 aliphatic carbocycles. The van der Waals surface area contributed by atoms with E-state index in [-0.39, 0.29) is 12.2 Å². The second-order valence-corrected chi connectivity index (χ2v) is 9.00. The Morgan fingerprint density at radius 3 is 2.64 bits per heavy atom. The molecular weight excluding hydrogens is 480 g/mol. The molecule has 0 radical (unpaired) electrons. The Morgan fingerprint density at radius 1 is 1.17 bits per heavy atom. The number of ether oxygens (including phenoxy) is 3. The lowest BCUT2D eigenvalue weighted by atomic mass is 9.95. The van der Waals surface area contributed by atoms with E-state index in [4.69, 9.17) is 18.6 Å². The number of carbonyl (C=O) groups is 1. The van der Waals surface area contributed by atoms with Crippen LogP contribution < -0.4 is 24.4 Å². The molecule has 1 aliphatic heterocycles. The summed E-state index contributed by atoms with van der Waals surface area (Å²) in [5.41, 5.74) is 1.18. The van der Waals surface area contributed by atoms with E-state index in [9.17, 15) is 9.59 Å². The fourth-order valence-electron chi connectivity index (χ4n) is 4.00. The maximum Gasteiger partial charge on any atom is 0.338 e. The zero-order valence-electron chi connectivity index (χ0n) is 20.7. The van der Waals surface area contributed by atoms with Crippen molar-refractivity contribution in [3.8, 4) is 11.5 Å². The third-order valence-electron chi connectivity index (χ3n) is 5.49. The topological polar surface area (TPSA) is 92.3 Å². The van der Waals surface area contributed by atoms with Crippen molar-refractivity contribution in [2.45, 2.75) is 33.7 Å². The van der Waals surface area contributed by atoms with Crippen LogP contribution in [0.15, 0.2) is 68.5 Å². The smallest absolute Gasteiger partial charge is 0.338 e. The van der Waals surface area contributed by atoms with Crippen molar-refractivity contribution in [3.05, 3.63) is 91.0 Å². The molecule has 0 N–H and O–H groups in total. The number of hydrogen-bond donors (Lipinski definition) is 0. The van der Waals surface area contributed by atoms with Gasteiger partial charge in [-0.25, -0.2) is 9.79 Å². The molecule has 3 heterocycles. The first-order chi connectivity index (χ1) is 17.4. The molecule has 1 aliphatic rings. The zero-order valence-corrected chi connectivity index (χ0v) is 21.5. The van der Waals surface area contributed by atoms with Crippen LogP contribution in [0.25, 0.3) is 6.08 Å². The average Bonchev–Trinajstić information content (AvgIpc) is 3.39. The average molecular weight is 509 g/mol. The maximum atomic E-state index is 13.7. The minimum absolute atomic E-state index is 0.198. The minimum Gasteiger partial charge on any atom is -0.490 e. The molecule has 4 rings (SSSR count). The maximum absolute atomic E-state index is 13.7. The second-order valence-electron chi connectivity index (χ2n) is 7.99. The van der Waals surface area contributed by atoms with E-state index < -0.39 is 12.0 Å². The van der Waals surface area contributed by atoms with Crippen LogP contribution in [-0.4, -0.2) is 30.4 Å². The number of furan rings is 1. The number of aryl methyl sites for hydroxylation is 1. The predicted octanol–water partition coefficient (Wildman–Crippen LogP) is 3.66. The molecule has 1 aromatic carbocycles. The molecule has 0 fully saturated rings. The number of rotatable bonds is 9. The predicted molar refractivity (Wildman–Crippen MR) is 137 cm³/mol. The van der Waals surface area contributed by atoms with E-state index in [0.29, 0.717) is 56.6 Å². The zero-order chi connectivity index (χ0) is 25.8. The number of nitrogens with zero attached hydrogens (tertiary/aromatic N) is 2. The number of fused-ring (bicyclic) bond motifs is 1. The van der Waals surface area contributed by atoms with Crippen LogP contribution in [-0.2, 0) is 9.53 Å². The quantitative estimate of drug-likeness (QED) is 0.324. The van der Waals surface area contributed by atoms with Gasteiger partial charge in [0.05, 0.1) is 35.1 Å². The van der Waals surface area contributed by atoms with Crippen LogP contribution in [0.2, 0.25) is 0 Å². The summed E-state index contributed by atoms with van der Waals surface area (Å²) in [5, 5.41) is 0. The molecule has 188 valence electrons. The summed E-state index contributed by atoms with van der Waals surface area (Å²) in [5.74, 6) is 1.83. The SMILES string of the molecule is C=CCOc1ccc([C@H]2C(C(=O)OCC)=C(C)N=c3sc(=Cc4ccc(C)o4)c(=O)n32)cc1OCC. The van der Waals surface area contributed by atoms with Crippen molar-refractivity contribution < 1.29 is 23.4 Å². The molecule has 0 unspecified atom stereocenters. The Morgan fingerprint density at radius 2 is 1.97 bits per heavy atom. The van der Waals surface area contributed by atoms with Crippen molar-refractivity contribution in [2.24, 2.45) is 4.99 Å². The first-order valence-electron chi connectivity index (χ1n) is 11.6. The third kappa shape index (κ3) is 4.92. The summed E-state index contributed by atoms with van der Waals surface area (Å²) < 4.78 is 24.5. The highest BCUT2D eigenvalue weighted by atomic mass is 32.1. The Balaban J connectivity index is 1.93. The number of esters is 1. The first-order valence-corrected chi connectivity index (χ1v) is 12.5. The molecule has 3 aromatic rings. The standard InChI is InChI=1S/C27H28N2O6S/c1-6-13-34-20-12-10-18(14-21(20)32-7-2)24-23(26(31)33-8-3)17(5)28-27-29(24)25(30)22(36-27)15-19-11-9-16(4)35-19/h6,9-12,14-15,24H,1,7-8,13H2,2-5H3/t24-/m0/s1. The molecule has 0 amide bonds. The highest BCUT2D eigenvalue weighted by Crippen LogP contribution is 2.36. The number of aromatic nitrogens is 1. The fourth-order valence-corrected chi connectivity index (χ4v) is 5.02. The third-order valence-corrected chi connectivity index (χ3v) is 6.47. The highest BCUT2D eigenvalue weighted by molar-refractivity contribution is 7.07. The van der Waals surface area contributed by atoms with E-state index in [2.05, 4.69) is 11.6 Å².